The molecule has 3 aromatic carbocycles. The number of carbonyl (C=O) groups is 1. The van der Waals surface area contributed by atoms with Gasteiger partial charge in [-0.05, 0) is 35.4 Å². The molecule has 0 unspecified atom stereocenters. The largest absolute Gasteiger partial charge is 0.454 e. The molecule has 0 spiro atoms. The standard InChI is InChI=1S/C23H21NO3S/c1-24(15-17-12-13-20-21(14-17)27-16-26-20)23(25)22(18-8-4-2-5-9-18)28-19-10-6-3-7-11-19/h2-14,22H,15-16H2,1H3/t22-/m1/s1. The van der Waals surface area contributed by atoms with Gasteiger partial charge in [0, 0.05) is 18.5 Å². The number of benzene rings is 3. The molecule has 1 atom stereocenters. The minimum Gasteiger partial charge on any atom is -0.454 e. The third-order valence-electron chi connectivity index (χ3n) is 4.56. The van der Waals surface area contributed by atoms with Crippen LogP contribution in [0.5, 0.6) is 11.5 Å². The van der Waals surface area contributed by atoms with Crippen LogP contribution in [0, 0.1) is 0 Å². The molecule has 1 heterocycles. The van der Waals surface area contributed by atoms with E-state index in [0.717, 1.165) is 27.5 Å². The molecule has 5 heteroatoms. The second kappa shape index (κ2) is 8.40. The van der Waals surface area contributed by atoms with Gasteiger partial charge >= 0.3 is 0 Å². The molecule has 142 valence electrons. The normalized spacial score (nSPS) is 13.2. The van der Waals surface area contributed by atoms with Crippen molar-refractivity contribution in [1.82, 2.24) is 4.90 Å². The van der Waals surface area contributed by atoms with E-state index < -0.39 is 0 Å². The van der Waals surface area contributed by atoms with Crippen molar-refractivity contribution in [2.45, 2.75) is 16.7 Å². The van der Waals surface area contributed by atoms with Crippen LogP contribution in [0.1, 0.15) is 16.4 Å². The Morgan fingerprint density at radius 2 is 1.64 bits per heavy atom. The number of thioether (sulfide) groups is 1. The quantitative estimate of drug-likeness (QED) is 0.560. The van der Waals surface area contributed by atoms with E-state index in [2.05, 4.69) is 0 Å². The lowest BCUT2D eigenvalue weighted by atomic mass is 10.1. The first-order chi connectivity index (χ1) is 13.7. The lowest BCUT2D eigenvalue weighted by Crippen LogP contribution is -2.30. The summed E-state index contributed by atoms with van der Waals surface area (Å²) in [5.41, 5.74) is 2.01. The Kier molecular flexibility index (Phi) is 5.53. The summed E-state index contributed by atoms with van der Waals surface area (Å²) in [6, 6.07) is 25.8. The number of amides is 1. The Bertz CT molecular complexity index is 947. The van der Waals surface area contributed by atoms with Crippen LogP contribution in [0.25, 0.3) is 0 Å². The van der Waals surface area contributed by atoms with Crippen LogP contribution in [0.3, 0.4) is 0 Å². The second-order valence-corrected chi connectivity index (χ2v) is 7.78. The Hall–Kier alpha value is -2.92. The molecule has 0 N–H and O–H groups in total. The number of fused-ring (bicyclic) bond motifs is 1. The molecule has 1 aliphatic heterocycles. The first kappa shape index (κ1) is 18.4. The monoisotopic (exact) mass is 391 g/mol. The Morgan fingerprint density at radius 3 is 2.39 bits per heavy atom. The minimum absolute atomic E-state index is 0.0673. The van der Waals surface area contributed by atoms with E-state index in [9.17, 15) is 4.79 Å². The van der Waals surface area contributed by atoms with Gasteiger partial charge in [-0.1, -0.05) is 54.6 Å². The van der Waals surface area contributed by atoms with Crippen LogP contribution < -0.4 is 9.47 Å². The van der Waals surface area contributed by atoms with Crippen LogP contribution in [0.4, 0.5) is 0 Å². The fourth-order valence-electron chi connectivity index (χ4n) is 3.12. The van der Waals surface area contributed by atoms with Crippen molar-refractivity contribution in [3.63, 3.8) is 0 Å². The zero-order valence-corrected chi connectivity index (χ0v) is 16.4. The maximum Gasteiger partial charge on any atom is 0.240 e. The summed E-state index contributed by atoms with van der Waals surface area (Å²) < 4.78 is 10.8. The van der Waals surface area contributed by atoms with Gasteiger partial charge in [-0.25, -0.2) is 0 Å². The Morgan fingerprint density at radius 1 is 0.964 bits per heavy atom. The van der Waals surface area contributed by atoms with E-state index in [0.29, 0.717) is 6.54 Å². The summed E-state index contributed by atoms with van der Waals surface area (Å²) in [6.07, 6.45) is 0. The van der Waals surface area contributed by atoms with Crippen molar-refractivity contribution in [2.75, 3.05) is 13.8 Å². The number of nitrogens with zero attached hydrogens (tertiary/aromatic N) is 1. The van der Waals surface area contributed by atoms with Crippen molar-refractivity contribution < 1.29 is 14.3 Å². The number of likely N-dealkylation sites (N-methyl/N-ethyl adjacent to an activating group) is 1. The fraction of sp³-hybridized carbons (Fsp3) is 0.174. The van der Waals surface area contributed by atoms with Gasteiger partial charge in [0.1, 0.15) is 5.25 Å². The second-order valence-electron chi connectivity index (χ2n) is 6.60. The molecule has 0 saturated carbocycles. The number of ether oxygens (including phenoxy) is 2. The Labute approximate surface area is 169 Å². The molecule has 3 aromatic rings. The van der Waals surface area contributed by atoms with Crippen LogP contribution in [0.15, 0.2) is 83.8 Å². The number of hydrogen-bond donors (Lipinski definition) is 0. The molecule has 0 bridgehead atoms. The lowest BCUT2D eigenvalue weighted by Gasteiger charge is -2.24. The molecular weight excluding hydrogens is 370 g/mol. The molecule has 4 nitrogen and oxygen atoms in total. The predicted octanol–water partition coefficient (Wildman–Crippen LogP) is 4.91. The van der Waals surface area contributed by atoms with Crippen LogP contribution in [0.2, 0.25) is 0 Å². The predicted molar refractivity (Wildman–Crippen MR) is 111 cm³/mol. The van der Waals surface area contributed by atoms with Gasteiger partial charge < -0.3 is 14.4 Å². The topological polar surface area (TPSA) is 38.8 Å². The van der Waals surface area contributed by atoms with Gasteiger partial charge in [-0.2, -0.15) is 0 Å². The van der Waals surface area contributed by atoms with Crippen molar-refractivity contribution in [3.8, 4) is 11.5 Å². The van der Waals surface area contributed by atoms with E-state index in [1.165, 1.54) is 0 Å². The van der Waals surface area contributed by atoms with Gasteiger partial charge in [0.15, 0.2) is 11.5 Å². The summed E-state index contributed by atoms with van der Waals surface area (Å²) in [5, 5.41) is -0.303. The molecule has 0 aromatic heterocycles. The molecule has 1 aliphatic rings. The SMILES string of the molecule is CN(Cc1ccc2c(c1)OCO2)C(=O)[C@H](Sc1ccccc1)c1ccccc1. The van der Waals surface area contributed by atoms with Crippen LogP contribution in [-0.2, 0) is 11.3 Å². The third kappa shape index (κ3) is 4.15. The average Bonchev–Trinajstić information content (AvgIpc) is 3.21. The van der Waals surface area contributed by atoms with E-state index in [1.54, 1.807) is 16.7 Å². The van der Waals surface area contributed by atoms with E-state index in [-0.39, 0.29) is 18.0 Å². The van der Waals surface area contributed by atoms with E-state index in [4.69, 9.17) is 9.47 Å². The summed E-state index contributed by atoms with van der Waals surface area (Å²) in [7, 11) is 1.84. The number of hydrogen-bond acceptors (Lipinski definition) is 4. The maximum atomic E-state index is 13.3. The highest BCUT2D eigenvalue weighted by atomic mass is 32.2. The van der Waals surface area contributed by atoms with Crippen LogP contribution >= 0.6 is 11.8 Å². The summed E-state index contributed by atoms with van der Waals surface area (Å²) >= 11 is 1.57. The highest BCUT2D eigenvalue weighted by Gasteiger charge is 2.25. The van der Waals surface area contributed by atoms with E-state index >= 15 is 0 Å². The zero-order valence-electron chi connectivity index (χ0n) is 15.6. The first-order valence-electron chi connectivity index (χ1n) is 9.11. The summed E-state index contributed by atoms with van der Waals surface area (Å²) in [6.45, 7) is 0.755. The maximum absolute atomic E-state index is 13.3. The third-order valence-corrected chi connectivity index (χ3v) is 5.81. The van der Waals surface area contributed by atoms with Crippen LogP contribution in [-0.4, -0.2) is 24.6 Å². The fourth-order valence-corrected chi connectivity index (χ4v) is 4.28. The van der Waals surface area contributed by atoms with Crippen molar-refractivity contribution in [3.05, 3.63) is 90.0 Å². The van der Waals surface area contributed by atoms with Gasteiger partial charge in [0.25, 0.3) is 0 Å². The molecule has 0 radical (unpaired) electrons. The molecule has 0 saturated heterocycles. The Balaban J connectivity index is 1.54. The average molecular weight is 391 g/mol. The first-order valence-corrected chi connectivity index (χ1v) is 9.99. The van der Waals surface area contributed by atoms with Gasteiger partial charge in [-0.15, -0.1) is 11.8 Å². The molecular formula is C23H21NO3S. The molecule has 0 aliphatic carbocycles. The molecule has 4 rings (SSSR count). The van der Waals surface area contributed by atoms with Crippen molar-refractivity contribution in [1.29, 1.82) is 0 Å². The minimum atomic E-state index is -0.303. The number of rotatable bonds is 6. The highest BCUT2D eigenvalue weighted by molar-refractivity contribution is 8.00. The summed E-state index contributed by atoms with van der Waals surface area (Å²) in [4.78, 5) is 16.2. The van der Waals surface area contributed by atoms with Gasteiger partial charge in [0.2, 0.25) is 12.7 Å². The van der Waals surface area contributed by atoms with Gasteiger partial charge in [0.05, 0.1) is 0 Å². The molecule has 28 heavy (non-hydrogen) atoms. The lowest BCUT2D eigenvalue weighted by molar-refractivity contribution is -0.129. The molecule has 0 fully saturated rings. The zero-order chi connectivity index (χ0) is 19.3. The van der Waals surface area contributed by atoms with Gasteiger partial charge in [-0.3, -0.25) is 4.79 Å². The van der Waals surface area contributed by atoms with E-state index in [1.807, 2.05) is 85.9 Å². The van der Waals surface area contributed by atoms with Crippen molar-refractivity contribution in [2.24, 2.45) is 0 Å². The molecule has 1 amide bonds. The smallest absolute Gasteiger partial charge is 0.240 e. The number of carbonyl (C=O) groups excluding carboxylic acids is 1. The summed E-state index contributed by atoms with van der Waals surface area (Å²) in [5.74, 6) is 1.55. The van der Waals surface area contributed by atoms with Crippen molar-refractivity contribution >= 4 is 17.7 Å². The highest BCUT2D eigenvalue weighted by Crippen LogP contribution is 2.37.